The van der Waals surface area contributed by atoms with Gasteiger partial charge in [-0.25, -0.2) is 0 Å². The second-order valence-electron chi connectivity index (χ2n) is 4.69. The van der Waals surface area contributed by atoms with Crippen LogP contribution >= 0.6 is 0 Å². The van der Waals surface area contributed by atoms with Gasteiger partial charge in [-0.05, 0) is 50.4 Å². The second-order valence-corrected chi connectivity index (χ2v) is 4.69. The monoisotopic (exact) mass is 253 g/mol. The molecule has 1 aliphatic carbocycles. The average molecular weight is 253 g/mol. The Balaban J connectivity index is 1.84. The van der Waals surface area contributed by atoms with E-state index in [0.717, 1.165) is 32.4 Å². The quantitative estimate of drug-likeness (QED) is 0.727. The summed E-state index contributed by atoms with van der Waals surface area (Å²) in [4.78, 5) is 0. The molecule has 0 saturated carbocycles. The van der Waals surface area contributed by atoms with Crippen molar-refractivity contribution < 1.29 is 14.6 Å². The highest BCUT2D eigenvalue weighted by Gasteiger charge is 2.18. The van der Waals surface area contributed by atoms with E-state index < -0.39 is 6.29 Å². The Morgan fingerprint density at radius 2 is 2.17 bits per heavy atom. The van der Waals surface area contributed by atoms with E-state index in [2.05, 4.69) is 17.5 Å². The van der Waals surface area contributed by atoms with Gasteiger partial charge in [0.15, 0.2) is 6.29 Å². The van der Waals surface area contributed by atoms with Gasteiger partial charge in [0.2, 0.25) is 0 Å². The van der Waals surface area contributed by atoms with Gasteiger partial charge in [-0.2, -0.15) is 0 Å². The molecule has 2 aliphatic rings. The Hall–Kier alpha value is -0.680. The molecule has 4 heteroatoms. The number of hydrogen-bond donors (Lipinski definition) is 2. The summed E-state index contributed by atoms with van der Waals surface area (Å²) in [5, 5.41) is 12.9. The zero-order valence-corrected chi connectivity index (χ0v) is 11.0. The van der Waals surface area contributed by atoms with Gasteiger partial charge in [-0.3, -0.25) is 0 Å². The van der Waals surface area contributed by atoms with Gasteiger partial charge in [0.25, 0.3) is 0 Å². The van der Waals surface area contributed by atoms with Crippen molar-refractivity contribution in [3.8, 4) is 0 Å². The summed E-state index contributed by atoms with van der Waals surface area (Å²) < 4.78 is 10.7. The summed E-state index contributed by atoms with van der Waals surface area (Å²) in [6.07, 6.45) is 6.84. The van der Waals surface area contributed by atoms with E-state index in [9.17, 15) is 5.11 Å². The predicted molar refractivity (Wildman–Crippen MR) is 70.3 cm³/mol. The van der Waals surface area contributed by atoms with Gasteiger partial charge in [0.05, 0.1) is 12.7 Å². The molecule has 0 spiro atoms. The number of fused-ring (bicyclic) bond motifs is 1. The summed E-state index contributed by atoms with van der Waals surface area (Å²) in [7, 11) is 0. The SMILES string of the molecule is CCOC(O)COC1C=C2CCNCCC2=CC1. The molecule has 2 atom stereocenters. The maximum Gasteiger partial charge on any atom is 0.178 e. The molecule has 1 heterocycles. The number of ether oxygens (including phenoxy) is 2. The third-order valence-electron chi connectivity index (χ3n) is 3.35. The first-order chi connectivity index (χ1) is 8.79. The second kappa shape index (κ2) is 7.04. The van der Waals surface area contributed by atoms with Crippen LogP contribution in [-0.4, -0.2) is 43.8 Å². The molecule has 2 rings (SSSR count). The van der Waals surface area contributed by atoms with E-state index in [1.807, 2.05) is 6.92 Å². The molecule has 0 aromatic heterocycles. The summed E-state index contributed by atoms with van der Waals surface area (Å²) in [5.41, 5.74) is 2.87. The maximum atomic E-state index is 9.46. The first-order valence-corrected chi connectivity index (χ1v) is 6.81. The van der Waals surface area contributed by atoms with Gasteiger partial charge in [0, 0.05) is 6.61 Å². The Kier molecular flexibility index (Phi) is 5.38. The van der Waals surface area contributed by atoms with Crippen LogP contribution in [0.15, 0.2) is 23.3 Å². The third kappa shape index (κ3) is 3.92. The molecule has 0 radical (unpaired) electrons. The molecule has 0 amide bonds. The Morgan fingerprint density at radius 3 is 2.94 bits per heavy atom. The number of aliphatic hydroxyl groups excluding tert-OH is 1. The minimum Gasteiger partial charge on any atom is -0.369 e. The number of aliphatic hydroxyl groups is 1. The molecule has 102 valence electrons. The van der Waals surface area contributed by atoms with E-state index in [-0.39, 0.29) is 12.7 Å². The van der Waals surface area contributed by atoms with Crippen molar-refractivity contribution in [1.29, 1.82) is 0 Å². The topological polar surface area (TPSA) is 50.7 Å². The lowest BCUT2D eigenvalue weighted by molar-refractivity contribution is -0.141. The molecule has 4 nitrogen and oxygen atoms in total. The third-order valence-corrected chi connectivity index (χ3v) is 3.35. The zero-order valence-electron chi connectivity index (χ0n) is 11.0. The van der Waals surface area contributed by atoms with Crippen LogP contribution in [0.5, 0.6) is 0 Å². The predicted octanol–water partition coefficient (Wildman–Crippen LogP) is 1.37. The van der Waals surface area contributed by atoms with E-state index in [4.69, 9.17) is 9.47 Å². The first kappa shape index (κ1) is 13.7. The van der Waals surface area contributed by atoms with Crippen LogP contribution in [0.2, 0.25) is 0 Å². The lowest BCUT2D eigenvalue weighted by Crippen LogP contribution is -2.24. The van der Waals surface area contributed by atoms with Crippen LogP contribution in [0, 0.1) is 0 Å². The van der Waals surface area contributed by atoms with Gasteiger partial charge >= 0.3 is 0 Å². The Labute approximate surface area is 109 Å². The van der Waals surface area contributed by atoms with Crippen molar-refractivity contribution in [1.82, 2.24) is 5.32 Å². The summed E-state index contributed by atoms with van der Waals surface area (Å²) in [5.74, 6) is 0. The Bertz CT molecular complexity index is 325. The minimum absolute atomic E-state index is 0.0805. The number of nitrogens with one attached hydrogen (secondary N) is 1. The molecule has 18 heavy (non-hydrogen) atoms. The first-order valence-electron chi connectivity index (χ1n) is 6.81. The molecule has 2 unspecified atom stereocenters. The highest BCUT2D eigenvalue weighted by Crippen LogP contribution is 2.26. The minimum atomic E-state index is -0.811. The summed E-state index contributed by atoms with van der Waals surface area (Å²) in [6, 6.07) is 0. The van der Waals surface area contributed by atoms with E-state index in [1.165, 1.54) is 11.1 Å². The van der Waals surface area contributed by atoms with Crippen LogP contribution in [-0.2, 0) is 9.47 Å². The number of hydrogen-bond acceptors (Lipinski definition) is 4. The van der Waals surface area contributed by atoms with Crippen molar-refractivity contribution in [2.45, 2.75) is 38.6 Å². The van der Waals surface area contributed by atoms with Crippen molar-refractivity contribution in [2.75, 3.05) is 26.3 Å². The smallest absolute Gasteiger partial charge is 0.178 e. The standard InChI is InChI=1S/C14H23NO3/c1-2-17-14(16)10-18-13-4-3-11-5-7-15-8-6-12(11)9-13/h3,9,13-16H,2,4-8,10H2,1H3. The van der Waals surface area contributed by atoms with E-state index >= 15 is 0 Å². The average Bonchev–Trinajstić information content (AvgIpc) is 2.61. The molecule has 1 fully saturated rings. The fraction of sp³-hybridized carbons (Fsp3) is 0.714. The zero-order chi connectivity index (χ0) is 12.8. The van der Waals surface area contributed by atoms with Crippen LogP contribution in [0.3, 0.4) is 0 Å². The molecule has 1 saturated heterocycles. The molecule has 0 aromatic carbocycles. The van der Waals surface area contributed by atoms with E-state index in [1.54, 1.807) is 0 Å². The maximum absolute atomic E-state index is 9.46. The van der Waals surface area contributed by atoms with Crippen LogP contribution in [0.1, 0.15) is 26.2 Å². The fourth-order valence-corrected chi connectivity index (χ4v) is 2.43. The van der Waals surface area contributed by atoms with Gasteiger partial charge in [0.1, 0.15) is 0 Å². The summed E-state index contributed by atoms with van der Waals surface area (Å²) in [6.45, 7) is 4.71. The van der Waals surface area contributed by atoms with Gasteiger partial charge in [-0.15, -0.1) is 0 Å². The van der Waals surface area contributed by atoms with Crippen molar-refractivity contribution in [3.63, 3.8) is 0 Å². The molecule has 2 N–H and O–H groups in total. The molecule has 0 aromatic rings. The normalized spacial score (nSPS) is 25.8. The summed E-state index contributed by atoms with van der Waals surface area (Å²) >= 11 is 0. The molecule has 0 bridgehead atoms. The van der Waals surface area contributed by atoms with Crippen molar-refractivity contribution in [2.24, 2.45) is 0 Å². The number of rotatable bonds is 5. The van der Waals surface area contributed by atoms with Crippen molar-refractivity contribution in [3.05, 3.63) is 23.3 Å². The highest BCUT2D eigenvalue weighted by atomic mass is 16.6. The van der Waals surface area contributed by atoms with Gasteiger partial charge in [-0.1, -0.05) is 12.2 Å². The largest absolute Gasteiger partial charge is 0.369 e. The van der Waals surface area contributed by atoms with Crippen LogP contribution < -0.4 is 5.32 Å². The highest BCUT2D eigenvalue weighted by molar-refractivity contribution is 5.36. The Morgan fingerprint density at radius 1 is 1.39 bits per heavy atom. The lowest BCUT2D eigenvalue weighted by atomic mass is 9.93. The fourth-order valence-electron chi connectivity index (χ4n) is 2.43. The van der Waals surface area contributed by atoms with Crippen LogP contribution in [0.4, 0.5) is 0 Å². The lowest BCUT2D eigenvalue weighted by Gasteiger charge is -2.22. The van der Waals surface area contributed by atoms with Crippen LogP contribution in [0.25, 0.3) is 0 Å². The van der Waals surface area contributed by atoms with Crippen molar-refractivity contribution >= 4 is 0 Å². The van der Waals surface area contributed by atoms with E-state index in [0.29, 0.717) is 6.61 Å². The molecule has 1 aliphatic heterocycles. The van der Waals surface area contributed by atoms with Gasteiger partial charge < -0.3 is 19.9 Å². The molecular weight excluding hydrogens is 230 g/mol. The molecular formula is C14H23NO3.